The van der Waals surface area contributed by atoms with Gasteiger partial charge in [0, 0.05) is 11.3 Å². The van der Waals surface area contributed by atoms with Crippen LogP contribution in [-0.2, 0) is 10.0 Å². The van der Waals surface area contributed by atoms with Crippen molar-refractivity contribution in [3.05, 3.63) is 77.1 Å². The van der Waals surface area contributed by atoms with Gasteiger partial charge in [0.05, 0.1) is 22.3 Å². The molecule has 0 saturated heterocycles. The van der Waals surface area contributed by atoms with Crippen molar-refractivity contribution in [1.29, 1.82) is 0 Å². The Hall–Kier alpha value is -3.21. The first-order valence-corrected chi connectivity index (χ1v) is 11.8. The Morgan fingerprint density at radius 1 is 1.09 bits per heavy atom. The number of carbonyl (C=O) groups excluding carboxylic acids is 1. The van der Waals surface area contributed by atoms with E-state index in [1.54, 1.807) is 12.1 Å². The minimum absolute atomic E-state index is 0.0435. The smallest absolute Gasteiger partial charge is 0.263 e. The number of carbonyl (C=O) groups is 1. The number of benzene rings is 3. The Balaban J connectivity index is 1.58. The van der Waals surface area contributed by atoms with Crippen LogP contribution in [0.5, 0.6) is 5.75 Å². The van der Waals surface area contributed by atoms with Gasteiger partial charge in [0.1, 0.15) is 16.5 Å². The maximum absolute atomic E-state index is 13.4. The number of fused-ring (bicyclic) bond motifs is 1. The standard InChI is InChI=1S/C21H15ClFN3O4S2/c1-30-15-6-4-14(5-7-15)26-32(28,29)19-10-12(2-8-16(19)22)20(27)25-21-24-17-9-3-13(23)11-18(17)31-21/h2-11,26H,1H3,(H,24,25,27). The summed E-state index contributed by atoms with van der Waals surface area (Å²) < 4.78 is 47.1. The number of thiazole rings is 1. The van der Waals surface area contributed by atoms with Crippen molar-refractivity contribution in [2.45, 2.75) is 4.90 Å². The number of ether oxygens (including phenoxy) is 1. The second-order valence-electron chi connectivity index (χ2n) is 6.56. The van der Waals surface area contributed by atoms with Crippen molar-refractivity contribution in [1.82, 2.24) is 4.98 Å². The molecule has 7 nitrogen and oxygen atoms in total. The quantitative estimate of drug-likeness (QED) is 0.388. The van der Waals surface area contributed by atoms with E-state index in [-0.39, 0.29) is 20.6 Å². The monoisotopic (exact) mass is 491 g/mol. The first-order chi connectivity index (χ1) is 15.2. The van der Waals surface area contributed by atoms with E-state index >= 15 is 0 Å². The molecule has 4 rings (SSSR count). The van der Waals surface area contributed by atoms with Crippen molar-refractivity contribution >= 4 is 59.9 Å². The number of rotatable bonds is 6. The summed E-state index contributed by atoms with van der Waals surface area (Å²) in [5, 5.41) is 2.81. The van der Waals surface area contributed by atoms with Gasteiger partial charge >= 0.3 is 0 Å². The van der Waals surface area contributed by atoms with E-state index in [4.69, 9.17) is 16.3 Å². The van der Waals surface area contributed by atoms with Crippen LogP contribution in [0.2, 0.25) is 5.02 Å². The number of hydrogen-bond donors (Lipinski definition) is 2. The summed E-state index contributed by atoms with van der Waals surface area (Å²) >= 11 is 7.21. The molecule has 4 aromatic rings. The molecule has 0 atom stereocenters. The summed E-state index contributed by atoms with van der Waals surface area (Å²) in [4.78, 5) is 16.7. The van der Waals surface area contributed by atoms with Crippen LogP contribution >= 0.6 is 22.9 Å². The van der Waals surface area contributed by atoms with Crippen LogP contribution in [0, 0.1) is 5.82 Å². The van der Waals surface area contributed by atoms with Gasteiger partial charge in [-0.05, 0) is 60.7 Å². The van der Waals surface area contributed by atoms with E-state index in [1.165, 1.54) is 55.6 Å². The summed E-state index contributed by atoms with van der Waals surface area (Å²) in [7, 11) is -2.57. The van der Waals surface area contributed by atoms with Crippen molar-refractivity contribution in [3.8, 4) is 5.75 Å². The summed E-state index contributed by atoms with van der Waals surface area (Å²) in [6, 6.07) is 14.3. The molecule has 1 heterocycles. The summed E-state index contributed by atoms with van der Waals surface area (Å²) in [5.41, 5.74) is 0.906. The zero-order valence-corrected chi connectivity index (χ0v) is 18.8. The molecule has 1 aromatic heterocycles. The largest absolute Gasteiger partial charge is 0.497 e. The predicted molar refractivity (Wildman–Crippen MR) is 123 cm³/mol. The van der Waals surface area contributed by atoms with Gasteiger partial charge in [-0.2, -0.15) is 0 Å². The SMILES string of the molecule is COc1ccc(NS(=O)(=O)c2cc(C(=O)Nc3nc4ccc(F)cc4s3)ccc2Cl)cc1. The van der Waals surface area contributed by atoms with E-state index in [0.29, 0.717) is 21.7 Å². The molecule has 11 heteroatoms. The molecule has 0 bridgehead atoms. The highest BCUT2D eigenvalue weighted by atomic mass is 35.5. The molecule has 3 aromatic carbocycles. The minimum atomic E-state index is -4.08. The molecule has 2 N–H and O–H groups in total. The highest BCUT2D eigenvalue weighted by molar-refractivity contribution is 7.92. The van der Waals surface area contributed by atoms with Crippen LogP contribution in [0.15, 0.2) is 65.6 Å². The van der Waals surface area contributed by atoms with Crippen LogP contribution in [0.3, 0.4) is 0 Å². The van der Waals surface area contributed by atoms with Gasteiger partial charge in [-0.25, -0.2) is 17.8 Å². The van der Waals surface area contributed by atoms with Crippen LogP contribution in [-0.4, -0.2) is 26.4 Å². The number of halogens is 2. The molecule has 0 saturated carbocycles. The second-order valence-corrected chi connectivity index (χ2v) is 9.65. The van der Waals surface area contributed by atoms with Crippen LogP contribution in [0.25, 0.3) is 10.2 Å². The lowest BCUT2D eigenvalue weighted by Crippen LogP contribution is -2.16. The number of nitrogens with zero attached hydrogens (tertiary/aromatic N) is 1. The predicted octanol–water partition coefficient (Wildman–Crippen LogP) is 5.15. The van der Waals surface area contributed by atoms with Crippen LogP contribution < -0.4 is 14.8 Å². The number of aromatic nitrogens is 1. The van der Waals surface area contributed by atoms with Crippen LogP contribution in [0.1, 0.15) is 10.4 Å². The third-order valence-corrected chi connectivity index (χ3v) is 7.19. The van der Waals surface area contributed by atoms with Gasteiger partial charge < -0.3 is 4.74 Å². The molecular weight excluding hydrogens is 477 g/mol. The highest BCUT2D eigenvalue weighted by Gasteiger charge is 2.21. The molecule has 32 heavy (non-hydrogen) atoms. The zero-order chi connectivity index (χ0) is 22.9. The third kappa shape index (κ3) is 4.67. The minimum Gasteiger partial charge on any atom is -0.497 e. The molecule has 0 aliphatic rings. The first kappa shape index (κ1) is 22.0. The van der Waals surface area contributed by atoms with E-state index in [9.17, 15) is 17.6 Å². The van der Waals surface area contributed by atoms with Gasteiger partial charge in [-0.15, -0.1) is 0 Å². The average molecular weight is 492 g/mol. The van der Waals surface area contributed by atoms with E-state index in [2.05, 4.69) is 15.0 Å². The summed E-state index contributed by atoms with van der Waals surface area (Å²) in [5.74, 6) is -0.416. The maximum atomic E-state index is 13.4. The molecule has 164 valence electrons. The molecular formula is C21H15ClFN3O4S2. The van der Waals surface area contributed by atoms with Gasteiger partial charge in [0.25, 0.3) is 15.9 Å². The Bertz CT molecular complexity index is 1420. The number of amides is 1. The van der Waals surface area contributed by atoms with Crippen molar-refractivity contribution in [2.24, 2.45) is 0 Å². The Morgan fingerprint density at radius 2 is 1.84 bits per heavy atom. The topological polar surface area (TPSA) is 97.4 Å². The lowest BCUT2D eigenvalue weighted by Gasteiger charge is -2.11. The fraction of sp³-hybridized carbons (Fsp3) is 0.0476. The van der Waals surface area contributed by atoms with Gasteiger partial charge in [-0.3, -0.25) is 14.8 Å². The average Bonchev–Trinajstić information content (AvgIpc) is 3.15. The molecule has 0 radical (unpaired) electrons. The number of nitrogens with one attached hydrogen (secondary N) is 2. The Morgan fingerprint density at radius 3 is 2.56 bits per heavy atom. The molecule has 0 spiro atoms. The lowest BCUT2D eigenvalue weighted by molar-refractivity contribution is 0.102. The molecule has 0 aliphatic carbocycles. The van der Waals surface area contributed by atoms with Gasteiger partial charge in [-0.1, -0.05) is 22.9 Å². The first-order valence-electron chi connectivity index (χ1n) is 9.09. The highest BCUT2D eigenvalue weighted by Crippen LogP contribution is 2.29. The number of methoxy groups -OCH3 is 1. The third-order valence-electron chi connectivity index (χ3n) is 4.40. The second kappa shape index (κ2) is 8.73. The molecule has 1 amide bonds. The van der Waals surface area contributed by atoms with E-state index in [0.717, 1.165) is 11.3 Å². The van der Waals surface area contributed by atoms with Crippen LogP contribution in [0.4, 0.5) is 15.2 Å². The zero-order valence-electron chi connectivity index (χ0n) is 16.4. The van der Waals surface area contributed by atoms with E-state index in [1.807, 2.05) is 0 Å². The molecule has 0 fully saturated rings. The molecule has 0 unspecified atom stereocenters. The Kier molecular flexibility index (Phi) is 6.00. The summed E-state index contributed by atoms with van der Waals surface area (Å²) in [6.07, 6.45) is 0. The molecule has 0 aliphatic heterocycles. The van der Waals surface area contributed by atoms with Crippen molar-refractivity contribution in [2.75, 3.05) is 17.1 Å². The lowest BCUT2D eigenvalue weighted by atomic mass is 10.2. The normalized spacial score (nSPS) is 11.3. The summed E-state index contributed by atoms with van der Waals surface area (Å²) in [6.45, 7) is 0. The van der Waals surface area contributed by atoms with Gasteiger partial charge in [0.15, 0.2) is 5.13 Å². The number of hydrogen-bond acceptors (Lipinski definition) is 6. The van der Waals surface area contributed by atoms with Crippen molar-refractivity contribution < 1.29 is 22.3 Å². The van der Waals surface area contributed by atoms with Crippen molar-refractivity contribution in [3.63, 3.8) is 0 Å². The fourth-order valence-electron chi connectivity index (χ4n) is 2.84. The van der Waals surface area contributed by atoms with E-state index < -0.39 is 21.7 Å². The maximum Gasteiger partial charge on any atom is 0.263 e. The number of sulfonamides is 1. The van der Waals surface area contributed by atoms with Gasteiger partial charge in [0.2, 0.25) is 0 Å². The fourth-order valence-corrected chi connectivity index (χ4v) is 5.31. The number of anilines is 2. The Labute approximate surface area is 191 Å².